The highest BCUT2D eigenvalue weighted by Gasteiger charge is 2.35. The van der Waals surface area contributed by atoms with Crippen LogP contribution in [0.2, 0.25) is 0 Å². The first-order valence-electron chi connectivity index (χ1n) is 11.2. The zero-order chi connectivity index (χ0) is 23.7. The molecular formula is C25H29N5O2S. The summed E-state index contributed by atoms with van der Waals surface area (Å²) in [6, 6.07) is 8.07. The molecule has 2 aliphatic heterocycles. The van der Waals surface area contributed by atoms with Gasteiger partial charge in [-0.2, -0.15) is 15.1 Å². The lowest BCUT2D eigenvalue weighted by Crippen LogP contribution is -2.35. The van der Waals surface area contributed by atoms with Gasteiger partial charge < -0.3 is 9.30 Å². The van der Waals surface area contributed by atoms with E-state index in [9.17, 15) is 4.79 Å². The summed E-state index contributed by atoms with van der Waals surface area (Å²) < 4.78 is 7.70. The molecule has 0 saturated heterocycles. The van der Waals surface area contributed by atoms with Crippen molar-refractivity contribution in [3.8, 4) is 11.4 Å². The second-order valence-electron chi connectivity index (χ2n) is 8.31. The third-order valence-corrected chi connectivity index (χ3v) is 6.80. The van der Waals surface area contributed by atoms with Crippen molar-refractivity contribution in [1.29, 1.82) is 5.41 Å². The number of nitrogens with one attached hydrogen (secondary N) is 1. The highest BCUT2D eigenvalue weighted by molar-refractivity contribution is 8.26. The summed E-state index contributed by atoms with van der Waals surface area (Å²) in [7, 11) is 1.66. The number of hydrogen-bond acceptors (Lipinski definition) is 5. The monoisotopic (exact) mass is 463 g/mol. The van der Waals surface area contributed by atoms with Gasteiger partial charge in [0.2, 0.25) is 5.17 Å². The van der Waals surface area contributed by atoms with Gasteiger partial charge in [0.25, 0.3) is 5.91 Å². The van der Waals surface area contributed by atoms with Crippen molar-refractivity contribution in [1.82, 2.24) is 9.58 Å². The van der Waals surface area contributed by atoms with Crippen LogP contribution in [0.25, 0.3) is 11.8 Å². The summed E-state index contributed by atoms with van der Waals surface area (Å²) in [5.41, 5.74) is 5.15. The molecule has 0 saturated carbocycles. The molecule has 172 valence electrons. The van der Waals surface area contributed by atoms with Gasteiger partial charge in [0.15, 0.2) is 5.84 Å². The van der Waals surface area contributed by atoms with Gasteiger partial charge in [0.05, 0.1) is 18.4 Å². The van der Waals surface area contributed by atoms with Crippen molar-refractivity contribution in [3.63, 3.8) is 0 Å². The third-order valence-electron chi connectivity index (χ3n) is 5.84. The Morgan fingerprint density at radius 3 is 2.70 bits per heavy atom. The van der Waals surface area contributed by atoms with Crippen LogP contribution in [-0.2, 0) is 4.79 Å². The van der Waals surface area contributed by atoms with Crippen LogP contribution in [0.3, 0.4) is 0 Å². The maximum atomic E-state index is 12.8. The quantitative estimate of drug-likeness (QED) is 0.427. The molecule has 4 rings (SSSR count). The number of carbonyl (C=O) groups is 1. The van der Waals surface area contributed by atoms with E-state index in [0.717, 1.165) is 64.7 Å². The smallest absolute Gasteiger partial charge is 0.283 e. The Hall–Kier alpha value is -3.13. The number of methoxy groups -OCH3 is 1. The number of hydrazone groups is 1. The number of aryl methyl sites for hydroxylation is 2. The van der Waals surface area contributed by atoms with E-state index in [4.69, 9.17) is 10.1 Å². The molecule has 2 aromatic rings. The Morgan fingerprint density at radius 1 is 1.18 bits per heavy atom. The molecule has 33 heavy (non-hydrogen) atoms. The van der Waals surface area contributed by atoms with Crippen LogP contribution in [0, 0.1) is 26.2 Å². The van der Waals surface area contributed by atoms with E-state index < -0.39 is 5.91 Å². The SMILES string of the molecule is CCCCCC1=NN2C(=N)C(=Cc3cc(C)n(-c4cc(C)ccc4OC)c3C)C(=O)N=C2S1. The Morgan fingerprint density at radius 2 is 1.97 bits per heavy atom. The number of fused-ring (bicyclic) bond motifs is 1. The summed E-state index contributed by atoms with van der Waals surface area (Å²) >= 11 is 1.39. The molecule has 7 nitrogen and oxygen atoms in total. The van der Waals surface area contributed by atoms with Crippen LogP contribution < -0.4 is 4.74 Å². The van der Waals surface area contributed by atoms with Gasteiger partial charge in [-0.3, -0.25) is 10.2 Å². The molecule has 0 spiro atoms. The molecule has 1 N–H and O–H groups in total. The van der Waals surface area contributed by atoms with Gasteiger partial charge in [0, 0.05) is 11.4 Å². The molecule has 0 radical (unpaired) electrons. The number of aliphatic imine (C=N–C) groups is 1. The Bertz CT molecular complexity index is 1220. The predicted molar refractivity (Wildman–Crippen MR) is 136 cm³/mol. The van der Waals surface area contributed by atoms with E-state index >= 15 is 0 Å². The van der Waals surface area contributed by atoms with Gasteiger partial charge in [-0.05, 0) is 80.8 Å². The summed E-state index contributed by atoms with van der Waals surface area (Å²) in [5.74, 6) is 0.444. The number of unbranched alkanes of at least 4 members (excludes halogenated alkanes) is 2. The minimum Gasteiger partial charge on any atom is -0.495 e. The number of ether oxygens (including phenoxy) is 1. The molecule has 3 heterocycles. The number of carbonyl (C=O) groups excluding carboxylic acids is 1. The average Bonchev–Trinajstić information content (AvgIpc) is 3.31. The topological polar surface area (TPSA) is 83.0 Å². The summed E-state index contributed by atoms with van der Waals surface area (Å²) in [6.07, 6.45) is 5.91. The van der Waals surface area contributed by atoms with Crippen molar-refractivity contribution < 1.29 is 9.53 Å². The predicted octanol–water partition coefficient (Wildman–Crippen LogP) is 5.61. The van der Waals surface area contributed by atoms with Crippen molar-refractivity contribution in [2.75, 3.05) is 7.11 Å². The summed E-state index contributed by atoms with van der Waals surface area (Å²) in [4.78, 5) is 17.0. The molecule has 0 bridgehead atoms. The highest BCUT2D eigenvalue weighted by atomic mass is 32.2. The Labute approximate surface area is 198 Å². The number of amidine groups is 2. The van der Waals surface area contributed by atoms with Gasteiger partial charge in [-0.25, -0.2) is 0 Å². The number of thioether (sulfide) groups is 1. The van der Waals surface area contributed by atoms with Crippen LogP contribution in [0.15, 0.2) is 39.9 Å². The summed E-state index contributed by atoms with van der Waals surface area (Å²) in [5, 5.41) is 16.1. The lowest BCUT2D eigenvalue weighted by Gasteiger charge is -2.20. The Balaban J connectivity index is 1.68. The molecule has 0 fully saturated rings. The first-order valence-corrected chi connectivity index (χ1v) is 12.0. The standard InChI is InChI=1S/C25H29N5O2S/c1-6-7-8-9-22-28-30-23(26)19(24(31)27-25(30)33-22)14-18-13-16(3)29(17(18)4)20-12-15(2)10-11-21(20)32-5/h10-14,26H,6-9H2,1-5H3. The molecule has 8 heteroatoms. The van der Waals surface area contributed by atoms with E-state index in [0.29, 0.717) is 5.17 Å². The number of benzene rings is 1. The third kappa shape index (κ3) is 4.39. The van der Waals surface area contributed by atoms with Gasteiger partial charge in [-0.1, -0.05) is 25.8 Å². The maximum absolute atomic E-state index is 12.8. The Kier molecular flexibility index (Phi) is 6.56. The minimum atomic E-state index is -0.401. The highest BCUT2D eigenvalue weighted by Crippen LogP contribution is 2.33. The fourth-order valence-electron chi connectivity index (χ4n) is 4.09. The fraction of sp³-hybridized carbons (Fsp3) is 0.360. The van der Waals surface area contributed by atoms with Crippen molar-refractivity contribution >= 4 is 39.8 Å². The van der Waals surface area contributed by atoms with Crippen LogP contribution in [0.5, 0.6) is 5.75 Å². The first kappa shape index (κ1) is 23.0. The van der Waals surface area contributed by atoms with Crippen molar-refractivity contribution in [2.45, 2.75) is 53.4 Å². The van der Waals surface area contributed by atoms with Crippen LogP contribution in [-0.4, -0.2) is 38.6 Å². The van der Waals surface area contributed by atoms with E-state index in [1.165, 1.54) is 16.8 Å². The van der Waals surface area contributed by atoms with Gasteiger partial charge in [0.1, 0.15) is 10.8 Å². The van der Waals surface area contributed by atoms with Crippen LogP contribution in [0.1, 0.15) is 55.1 Å². The number of aromatic nitrogens is 1. The first-order chi connectivity index (χ1) is 15.8. The average molecular weight is 464 g/mol. The summed E-state index contributed by atoms with van der Waals surface area (Å²) in [6.45, 7) is 8.23. The maximum Gasteiger partial charge on any atom is 0.283 e. The van der Waals surface area contributed by atoms with E-state index in [2.05, 4.69) is 27.7 Å². The molecule has 0 atom stereocenters. The molecule has 1 aromatic heterocycles. The fourth-order valence-corrected chi connectivity index (χ4v) is 5.02. The van der Waals surface area contributed by atoms with E-state index in [1.54, 1.807) is 13.2 Å². The molecular weight excluding hydrogens is 434 g/mol. The van der Waals surface area contributed by atoms with Crippen LogP contribution >= 0.6 is 11.8 Å². The molecule has 1 amide bonds. The lowest BCUT2D eigenvalue weighted by molar-refractivity contribution is -0.114. The normalized spacial score (nSPS) is 16.9. The number of hydrogen-bond donors (Lipinski definition) is 1. The zero-order valence-electron chi connectivity index (χ0n) is 19.7. The van der Waals surface area contributed by atoms with Crippen molar-refractivity contribution in [2.24, 2.45) is 10.1 Å². The second-order valence-corrected chi connectivity index (χ2v) is 9.35. The number of rotatable bonds is 7. The minimum absolute atomic E-state index is 0.0703. The molecule has 0 aliphatic carbocycles. The molecule has 1 aromatic carbocycles. The van der Waals surface area contributed by atoms with E-state index in [-0.39, 0.29) is 11.4 Å². The zero-order valence-corrected chi connectivity index (χ0v) is 20.5. The number of nitrogens with zero attached hydrogens (tertiary/aromatic N) is 4. The van der Waals surface area contributed by atoms with Crippen LogP contribution in [0.4, 0.5) is 0 Å². The lowest BCUT2D eigenvalue weighted by atomic mass is 10.1. The largest absolute Gasteiger partial charge is 0.495 e. The second kappa shape index (κ2) is 9.39. The molecule has 2 aliphatic rings. The molecule has 0 unspecified atom stereocenters. The number of amides is 1. The van der Waals surface area contributed by atoms with E-state index in [1.807, 2.05) is 39.0 Å². The van der Waals surface area contributed by atoms with Gasteiger partial charge in [-0.15, -0.1) is 0 Å². The van der Waals surface area contributed by atoms with Crippen molar-refractivity contribution in [3.05, 3.63) is 52.4 Å². The van der Waals surface area contributed by atoms with Gasteiger partial charge >= 0.3 is 0 Å².